The minimum atomic E-state index is -3.29. The van der Waals surface area contributed by atoms with Gasteiger partial charge in [-0.15, -0.1) is 0 Å². The van der Waals surface area contributed by atoms with E-state index >= 15 is 0 Å². The molecular weight excluding hydrogens is 498 g/mol. The zero-order valence-corrected chi connectivity index (χ0v) is 19.7. The molecule has 0 fully saturated rings. The van der Waals surface area contributed by atoms with Crippen molar-refractivity contribution in [2.45, 2.75) is 6.42 Å². The number of rotatable bonds is 6. The highest BCUT2D eigenvalue weighted by molar-refractivity contribution is 9.10. The van der Waals surface area contributed by atoms with Crippen LogP contribution in [0.25, 0.3) is 22.4 Å². The van der Waals surface area contributed by atoms with Crippen LogP contribution < -0.4 is 20.7 Å². The molecule has 1 heterocycles. The number of ether oxygens (including phenoxy) is 1. The molecule has 0 amide bonds. The normalized spacial score (nSPS) is 13.0. The van der Waals surface area contributed by atoms with Crippen LogP contribution in [0.5, 0.6) is 5.75 Å². The Morgan fingerprint density at radius 1 is 1.16 bits per heavy atom. The summed E-state index contributed by atoms with van der Waals surface area (Å²) in [5.74, 6) is 0.569. The van der Waals surface area contributed by atoms with Gasteiger partial charge in [-0.3, -0.25) is 4.79 Å². The maximum absolute atomic E-state index is 12.3. The number of sulfonamides is 1. The second-order valence-corrected chi connectivity index (χ2v) is 10.1. The zero-order chi connectivity index (χ0) is 23.0. The highest BCUT2D eigenvalue weighted by Gasteiger charge is 2.19. The van der Waals surface area contributed by atoms with Crippen molar-refractivity contribution in [3.8, 4) is 22.6 Å². The van der Waals surface area contributed by atoms with Crippen LogP contribution in [0.2, 0.25) is 0 Å². The molecule has 2 aromatic carbocycles. The van der Waals surface area contributed by atoms with Gasteiger partial charge in [0.1, 0.15) is 5.75 Å². The van der Waals surface area contributed by atoms with Crippen molar-refractivity contribution in [2.24, 2.45) is 0 Å². The number of allylic oxidation sites excluding steroid dienone is 1. The van der Waals surface area contributed by atoms with E-state index in [1.165, 1.54) is 12.3 Å². The van der Waals surface area contributed by atoms with Gasteiger partial charge in [-0.1, -0.05) is 24.3 Å². The van der Waals surface area contributed by atoms with E-state index < -0.39 is 21.3 Å². The van der Waals surface area contributed by atoms with Gasteiger partial charge in [0.05, 0.1) is 23.5 Å². The van der Waals surface area contributed by atoms with Gasteiger partial charge in [0, 0.05) is 24.4 Å². The molecule has 0 atom stereocenters. The predicted octanol–water partition coefficient (Wildman–Crippen LogP) is 2.45. The second-order valence-electron chi connectivity index (χ2n) is 7.36. The Balaban J connectivity index is 1.79. The molecule has 0 aliphatic heterocycles. The van der Waals surface area contributed by atoms with E-state index in [4.69, 9.17) is 4.74 Å². The highest BCUT2D eigenvalue weighted by atomic mass is 79.9. The first-order valence-electron chi connectivity index (χ1n) is 9.64. The summed E-state index contributed by atoms with van der Waals surface area (Å²) in [6.07, 6.45) is 5.11. The summed E-state index contributed by atoms with van der Waals surface area (Å²) >= 11 is 3.48. The number of hydrogen-bond acceptors (Lipinski definition) is 5. The number of halogens is 1. The molecule has 8 nitrogen and oxygen atoms in total. The van der Waals surface area contributed by atoms with E-state index in [1.54, 1.807) is 19.2 Å². The van der Waals surface area contributed by atoms with Crippen LogP contribution in [0.3, 0.4) is 0 Å². The molecule has 0 unspecified atom stereocenters. The average Bonchev–Trinajstić information content (AvgIpc) is 3.13. The molecule has 3 aromatic rings. The summed E-state index contributed by atoms with van der Waals surface area (Å²) in [4.78, 5) is 27.1. The first-order valence-corrected chi connectivity index (χ1v) is 12.3. The Bertz CT molecular complexity index is 1440. The van der Waals surface area contributed by atoms with Crippen LogP contribution in [-0.4, -0.2) is 37.9 Å². The molecule has 4 rings (SSSR count). The topological polar surface area (TPSA) is 110 Å². The summed E-state index contributed by atoms with van der Waals surface area (Å²) in [6, 6.07) is 10.5. The summed E-state index contributed by atoms with van der Waals surface area (Å²) in [7, 11) is -1.74. The number of benzene rings is 2. The van der Waals surface area contributed by atoms with Gasteiger partial charge in [-0.05, 0) is 56.7 Å². The molecule has 10 heteroatoms. The number of H-pyrrole nitrogens is 1. The number of fused-ring (bicyclic) bond motifs is 1. The third-order valence-corrected chi connectivity index (χ3v) is 6.46. The standard InChI is InChI=1S/C22H20BrN3O5S/c1-31-21-18(10-16(11-19(21)23)26-20(27)7-8-24-22(26)28)14-5-6-17-13(9-14)3-4-15(17)12-25-32(2,29)30/h4-11,25H,3,12H2,1-2H3,(H,24,28). The fourth-order valence-electron chi connectivity index (χ4n) is 3.76. The van der Waals surface area contributed by atoms with Crippen molar-refractivity contribution >= 4 is 31.5 Å². The molecular formula is C22H20BrN3O5S. The maximum Gasteiger partial charge on any atom is 0.332 e. The van der Waals surface area contributed by atoms with Gasteiger partial charge in [0.25, 0.3) is 5.56 Å². The Hall–Kier alpha value is -2.95. The fourth-order valence-corrected chi connectivity index (χ4v) is 4.79. The number of aromatic amines is 1. The Morgan fingerprint density at radius 2 is 1.94 bits per heavy atom. The molecule has 1 aliphatic carbocycles. The quantitative estimate of drug-likeness (QED) is 0.521. The van der Waals surface area contributed by atoms with Gasteiger partial charge in [0.2, 0.25) is 10.0 Å². The number of nitrogens with one attached hydrogen (secondary N) is 2. The number of hydrogen-bond donors (Lipinski definition) is 2. The zero-order valence-electron chi connectivity index (χ0n) is 17.3. The Labute approximate surface area is 192 Å². The summed E-state index contributed by atoms with van der Waals surface area (Å²) < 4.78 is 32.6. The second kappa shape index (κ2) is 8.53. The number of nitrogens with zero attached hydrogens (tertiary/aromatic N) is 1. The lowest BCUT2D eigenvalue weighted by Crippen LogP contribution is -2.32. The van der Waals surface area contributed by atoms with Crippen molar-refractivity contribution in [3.63, 3.8) is 0 Å². The van der Waals surface area contributed by atoms with E-state index in [-0.39, 0.29) is 6.54 Å². The summed E-state index contributed by atoms with van der Waals surface area (Å²) in [5.41, 5.74) is 3.91. The molecule has 0 radical (unpaired) electrons. The van der Waals surface area contributed by atoms with Crippen LogP contribution in [0.15, 0.2) is 62.7 Å². The van der Waals surface area contributed by atoms with Crippen molar-refractivity contribution in [1.82, 2.24) is 14.3 Å². The lowest BCUT2D eigenvalue weighted by atomic mass is 9.97. The largest absolute Gasteiger partial charge is 0.495 e. The van der Waals surface area contributed by atoms with Crippen LogP contribution >= 0.6 is 15.9 Å². The first kappa shape index (κ1) is 22.3. The van der Waals surface area contributed by atoms with Gasteiger partial charge in [-0.25, -0.2) is 22.5 Å². The van der Waals surface area contributed by atoms with Crippen LogP contribution in [0.4, 0.5) is 0 Å². The van der Waals surface area contributed by atoms with Crippen molar-refractivity contribution in [1.29, 1.82) is 0 Å². The van der Waals surface area contributed by atoms with Gasteiger partial charge < -0.3 is 9.72 Å². The minimum absolute atomic E-state index is 0.231. The molecule has 1 aliphatic rings. The SMILES string of the molecule is COc1c(Br)cc(-n2c(=O)cc[nH]c2=O)cc1-c1ccc2c(c1)CC=C2CNS(C)(=O)=O. The molecule has 1 aromatic heterocycles. The molecule has 32 heavy (non-hydrogen) atoms. The predicted molar refractivity (Wildman–Crippen MR) is 127 cm³/mol. The van der Waals surface area contributed by atoms with E-state index in [0.29, 0.717) is 27.9 Å². The average molecular weight is 518 g/mol. The smallest absolute Gasteiger partial charge is 0.332 e. The summed E-state index contributed by atoms with van der Waals surface area (Å²) in [6.45, 7) is 0.231. The number of methoxy groups -OCH3 is 1. The third kappa shape index (κ3) is 4.34. The van der Waals surface area contributed by atoms with Crippen molar-refractivity contribution in [3.05, 3.63) is 85.1 Å². The fraction of sp³-hybridized carbons (Fsp3) is 0.182. The molecule has 2 N–H and O–H groups in total. The van der Waals surface area contributed by atoms with Crippen LogP contribution in [0, 0.1) is 0 Å². The molecule has 0 saturated heterocycles. The van der Waals surface area contributed by atoms with E-state index in [1.807, 2.05) is 24.3 Å². The van der Waals surface area contributed by atoms with E-state index in [0.717, 1.165) is 33.1 Å². The van der Waals surface area contributed by atoms with Crippen LogP contribution in [0.1, 0.15) is 11.1 Å². The monoisotopic (exact) mass is 517 g/mol. The van der Waals surface area contributed by atoms with Crippen molar-refractivity contribution < 1.29 is 13.2 Å². The maximum atomic E-state index is 12.3. The van der Waals surface area contributed by atoms with Crippen LogP contribution in [-0.2, 0) is 16.4 Å². The first-order chi connectivity index (χ1) is 15.2. The van der Waals surface area contributed by atoms with Crippen molar-refractivity contribution in [2.75, 3.05) is 19.9 Å². The molecule has 0 saturated carbocycles. The molecule has 0 spiro atoms. The molecule has 0 bridgehead atoms. The summed E-state index contributed by atoms with van der Waals surface area (Å²) in [5, 5.41) is 0. The van der Waals surface area contributed by atoms with E-state index in [9.17, 15) is 18.0 Å². The van der Waals surface area contributed by atoms with E-state index in [2.05, 4.69) is 25.6 Å². The Kier molecular flexibility index (Phi) is 5.93. The lowest BCUT2D eigenvalue weighted by Gasteiger charge is -2.15. The van der Waals surface area contributed by atoms with Gasteiger partial charge in [-0.2, -0.15) is 0 Å². The lowest BCUT2D eigenvalue weighted by molar-refractivity contribution is 0.413. The minimum Gasteiger partial charge on any atom is -0.495 e. The highest BCUT2D eigenvalue weighted by Crippen LogP contribution is 2.40. The van der Waals surface area contributed by atoms with Gasteiger partial charge in [0.15, 0.2) is 0 Å². The Morgan fingerprint density at radius 3 is 2.62 bits per heavy atom. The molecule has 166 valence electrons. The third-order valence-electron chi connectivity index (χ3n) is 5.20. The van der Waals surface area contributed by atoms with Gasteiger partial charge >= 0.3 is 5.69 Å². The number of aromatic nitrogens is 2.